The second kappa shape index (κ2) is 6.32. The number of rotatable bonds is 2. The molecule has 0 atom stereocenters. The smallest absolute Gasteiger partial charge is 0.384 e. The Kier molecular flexibility index (Phi) is 4.11. The Hall–Kier alpha value is -2.53. The van der Waals surface area contributed by atoms with Gasteiger partial charge in [-0.05, 0) is 6.07 Å². The largest absolute Gasteiger partial charge is 0.417 e. The summed E-state index contributed by atoms with van der Waals surface area (Å²) in [4.78, 5) is 18.5. The van der Waals surface area contributed by atoms with E-state index in [1.165, 1.54) is 11.3 Å². The summed E-state index contributed by atoms with van der Waals surface area (Å²) in [6.45, 7) is 2.23. The van der Waals surface area contributed by atoms with E-state index in [-0.39, 0.29) is 17.2 Å². The maximum absolute atomic E-state index is 13.4. The third-order valence-electron chi connectivity index (χ3n) is 3.96. The summed E-state index contributed by atoms with van der Waals surface area (Å²) >= 11 is 1.35. The van der Waals surface area contributed by atoms with Crippen LogP contribution >= 0.6 is 11.3 Å². The van der Waals surface area contributed by atoms with E-state index in [1.54, 1.807) is 5.51 Å². The Balaban J connectivity index is 1.90. The van der Waals surface area contributed by atoms with Gasteiger partial charge in [0.25, 0.3) is 0 Å². The molecule has 4 heterocycles. The van der Waals surface area contributed by atoms with Crippen LogP contribution in [0.4, 0.5) is 24.8 Å². The zero-order valence-electron chi connectivity index (χ0n) is 13.3. The fraction of sp³-hybridized carbons (Fsp3) is 0.333. The van der Waals surface area contributed by atoms with E-state index in [2.05, 4.69) is 19.9 Å². The molecule has 0 unspecified atom stereocenters. The molecule has 3 aromatic rings. The Labute approximate surface area is 149 Å². The summed E-state index contributed by atoms with van der Waals surface area (Å²) in [5.41, 5.74) is 6.24. The minimum atomic E-state index is -4.61. The maximum atomic E-state index is 13.4. The summed E-state index contributed by atoms with van der Waals surface area (Å²) in [7, 11) is 0. The highest BCUT2D eigenvalue weighted by atomic mass is 32.1. The van der Waals surface area contributed by atoms with Crippen molar-refractivity contribution in [2.75, 3.05) is 36.9 Å². The van der Waals surface area contributed by atoms with Crippen molar-refractivity contribution in [3.63, 3.8) is 0 Å². The minimum Gasteiger partial charge on any atom is -0.384 e. The molecular formula is C15H13F3N6OS. The molecule has 3 aromatic heterocycles. The number of anilines is 2. The molecule has 136 valence electrons. The van der Waals surface area contributed by atoms with Crippen LogP contribution < -0.4 is 10.6 Å². The van der Waals surface area contributed by atoms with Crippen LogP contribution in [0.5, 0.6) is 0 Å². The quantitative estimate of drug-likeness (QED) is 0.728. The molecule has 2 N–H and O–H groups in total. The molecule has 0 bridgehead atoms. The number of nitrogens with zero attached hydrogens (tertiary/aromatic N) is 5. The first kappa shape index (κ1) is 16.9. The van der Waals surface area contributed by atoms with E-state index < -0.39 is 11.7 Å². The molecule has 1 saturated heterocycles. The summed E-state index contributed by atoms with van der Waals surface area (Å²) in [6.07, 6.45) is -3.55. The van der Waals surface area contributed by atoms with Crippen molar-refractivity contribution in [2.24, 2.45) is 0 Å². The molecule has 4 rings (SSSR count). The zero-order chi connectivity index (χ0) is 18.3. The van der Waals surface area contributed by atoms with Crippen LogP contribution in [-0.2, 0) is 10.9 Å². The Morgan fingerprint density at radius 1 is 1.15 bits per heavy atom. The monoisotopic (exact) mass is 382 g/mol. The summed E-state index contributed by atoms with van der Waals surface area (Å²) in [5.74, 6) is 0.259. The van der Waals surface area contributed by atoms with Crippen LogP contribution in [0.1, 0.15) is 5.56 Å². The van der Waals surface area contributed by atoms with Crippen LogP contribution in [-0.4, -0.2) is 46.2 Å². The van der Waals surface area contributed by atoms with Crippen molar-refractivity contribution in [2.45, 2.75) is 6.18 Å². The van der Waals surface area contributed by atoms with Crippen molar-refractivity contribution < 1.29 is 17.9 Å². The number of morpholine rings is 1. The fourth-order valence-electron chi connectivity index (χ4n) is 2.74. The number of pyridine rings is 1. The van der Waals surface area contributed by atoms with Crippen LogP contribution in [0.2, 0.25) is 0 Å². The van der Waals surface area contributed by atoms with Gasteiger partial charge in [-0.3, -0.25) is 0 Å². The summed E-state index contributed by atoms with van der Waals surface area (Å²) in [5, 5.41) is 0. The molecule has 1 aliphatic heterocycles. The van der Waals surface area contributed by atoms with Gasteiger partial charge in [0.1, 0.15) is 10.5 Å². The molecular weight excluding hydrogens is 369 g/mol. The van der Waals surface area contributed by atoms with Crippen molar-refractivity contribution in [1.82, 2.24) is 19.9 Å². The van der Waals surface area contributed by atoms with E-state index >= 15 is 0 Å². The van der Waals surface area contributed by atoms with Gasteiger partial charge in [-0.25, -0.2) is 19.9 Å². The van der Waals surface area contributed by atoms with E-state index in [0.717, 1.165) is 17.0 Å². The molecule has 1 fully saturated rings. The topological polar surface area (TPSA) is 90.0 Å². The number of ether oxygens (including phenoxy) is 1. The van der Waals surface area contributed by atoms with Gasteiger partial charge in [0.15, 0.2) is 17.3 Å². The third kappa shape index (κ3) is 3.03. The van der Waals surface area contributed by atoms with Gasteiger partial charge in [0, 0.05) is 19.3 Å². The first-order chi connectivity index (χ1) is 12.4. The van der Waals surface area contributed by atoms with E-state index in [0.29, 0.717) is 37.8 Å². The molecule has 0 saturated carbocycles. The number of hydrogen-bond donors (Lipinski definition) is 1. The highest BCUT2D eigenvalue weighted by Crippen LogP contribution is 2.38. The standard InChI is InChI=1S/C15H13F3N6OS/c16-15(17,18)9-5-10(19)20-6-8(9)12-22-13-11(26-7-21-13)14(23-12)24-1-3-25-4-2-24/h5-7H,1-4H2,(H2,19,20). The molecule has 1 aliphatic rings. The SMILES string of the molecule is Nc1cc(C(F)(F)F)c(-c2nc(N3CCOCC3)c3scnc3n2)cn1. The number of fused-ring (bicyclic) bond motifs is 1. The van der Waals surface area contributed by atoms with E-state index in [4.69, 9.17) is 10.5 Å². The van der Waals surface area contributed by atoms with Crippen molar-refractivity contribution in [3.05, 3.63) is 23.3 Å². The molecule has 0 spiro atoms. The van der Waals surface area contributed by atoms with Gasteiger partial charge in [-0.1, -0.05) is 0 Å². The average Bonchev–Trinajstić information content (AvgIpc) is 3.09. The number of thiazole rings is 1. The Morgan fingerprint density at radius 2 is 1.92 bits per heavy atom. The zero-order valence-corrected chi connectivity index (χ0v) is 14.1. The highest BCUT2D eigenvalue weighted by Gasteiger charge is 2.35. The number of aromatic nitrogens is 4. The van der Waals surface area contributed by atoms with Crippen molar-refractivity contribution in [3.8, 4) is 11.4 Å². The number of alkyl halides is 3. The lowest BCUT2D eigenvalue weighted by molar-refractivity contribution is -0.137. The first-order valence-corrected chi connectivity index (χ1v) is 8.58. The second-order valence-electron chi connectivity index (χ2n) is 5.63. The number of nitrogens with two attached hydrogens (primary N) is 1. The van der Waals surface area contributed by atoms with Crippen molar-refractivity contribution in [1.29, 1.82) is 0 Å². The highest BCUT2D eigenvalue weighted by molar-refractivity contribution is 7.17. The van der Waals surface area contributed by atoms with Crippen LogP contribution in [0.15, 0.2) is 17.8 Å². The van der Waals surface area contributed by atoms with Crippen LogP contribution in [0, 0.1) is 0 Å². The first-order valence-electron chi connectivity index (χ1n) is 7.70. The molecule has 0 aromatic carbocycles. The second-order valence-corrected chi connectivity index (χ2v) is 6.48. The van der Waals surface area contributed by atoms with Gasteiger partial charge >= 0.3 is 6.18 Å². The molecule has 11 heteroatoms. The molecule has 26 heavy (non-hydrogen) atoms. The lowest BCUT2D eigenvalue weighted by Crippen LogP contribution is -2.37. The predicted molar refractivity (Wildman–Crippen MR) is 90.9 cm³/mol. The Bertz CT molecular complexity index is 954. The maximum Gasteiger partial charge on any atom is 0.417 e. The van der Waals surface area contributed by atoms with Gasteiger partial charge in [-0.15, -0.1) is 11.3 Å². The Morgan fingerprint density at radius 3 is 2.65 bits per heavy atom. The minimum absolute atomic E-state index is 0.0790. The predicted octanol–water partition coefficient (Wildman–Crippen LogP) is 2.59. The summed E-state index contributed by atoms with van der Waals surface area (Å²) in [6, 6.07) is 0.790. The molecule has 7 nitrogen and oxygen atoms in total. The molecule has 0 radical (unpaired) electrons. The van der Waals surface area contributed by atoms with E-state index in [1.807, 2.05) is 4.90 Å². The van der Waals surface area contributed by atoms with Gasteiger partial charge in [0.05, 0.1) is 29.9 Å². The van der Waals surface area contributed by atoms with E-state index in [9.17, 15) is 13.2 Å². The van der Waals surface area contributed by atoms with Gasteiger partial charge < -0.3 is 15.4 Å². The average molecular weight is 382 g/mol. The van der Waals surface area contributed by atoms with Gasteiger partial charge in [0.2, 0.25) is 0 Å². The molecule has 0 aliphatic carbocycles. The number of nitrogen functional groups attached to an aromatic ring is 1. The fourth-order valence-corrected chi connectivity index (χ4v) is 3.49. The van der Waals surface area contributed by atoms with Gasteiger partial charge in [-0.2, -0.15) is 13.2 Å². The third-order valence-corrected chi connectivity index (χ3v) is 4.77. The lowest BCUT2D eigenvalue weighted by atomic mass is 10.1. The number of halogens is 3. The molecule has 0 amide bonds. The van der Waals surface area contributed by atoms with Crippen molar-refractivity contribution >= 4 is 33.3 Å². The summed E-state index contributed by atoms with van der Waals surface area (Å²) < 4.78 is 46.4. The lowest BCUT2D eigenvalue weighted by Gasteiger charge is -2.28. The van der Waals surface area contributed by atoms with Crippen LogP contribution in [0.25, 0.3) is 21.7 Å². The van der Waals surface area contributed by atoms with Crippen LogP contribution in [0.3, 0.4) is 0 Å². The normalized spacial score (nSPS) is 15.6. The number of hydrogen-bond acceptors (Lipinski definition) is 8.